The van der Waals surface area contributed by atoms with Crippen molar-refractivity contribution in [2.75, 3.05) is 44.6 Å². The second kappa shape index (κ2) is 14.8. The van der Waals surface area contributed by atoms with Gasteiger partial charge in [-0.25, -0.2) is 19.7 Å². The predicted molar refractivity (Wildman–Crippen MR) is 147 cm³/mol. The van der Waals surface area contributed by atoms with Gasteiger partial charge in [0.1, 0.15) is 35.8 Å². The van der Waals surface area contributed by atoms with E-state index in [-0.39, 0.29) is 60.2 Å². The van der Waals surface area contributed by atoms with Crippen molar-refractivity contribution >= 4 is 29.1 Å². The zero-order valence-electron chi connectivity index (χ0n) is 23.1. The summed E-state index contributed by atoms with van der Waals surface area (Å²) in [6.45, 7) is 7.58. The first-order valence-electron chi connectivity index (χ1n) is 12.3. The van der Waals surface area contributed by atoms with Gasteiger partial charge < -0.3 is 24.8 Å². The Morgan fingerprint density at radius 2 is 1.90 bits per heavy atom. The van der Waals surface area contributed by atoms with Gasteiger partial charge in [0.15, 0.2) is 5.82 Å². The van der Waals surface area contributed by atoms with Crippen LogP contribution in [0.1, 0.15) is 29.3 Å². The molecule has 0 spiro atoms. The molecule has 41 heavy (non-hydrogen) atoms. The number of nitriles is 2. The van der Waals surface area contributed by atoms with Gasteiger partial charge in [-0.1, -0.05) is 6.58 Å². The van der Waals surface area contributed by atoms with Gasteiger partial charge >= 0.3 is 5.97 Å². The Morgan fingerprint density at radius 3 is 2.54 bits per heavy atom. The predicted octanol–water partition coefficient (Wildman–Crippen LogP) is 3.26. The summed E-state index contributed by atoms with van der Waals surface area (Å²) in [4.78, 5) is 24.3. The Bertz CT molecular complexity index is 1490. The first-order chi connectivity index (χ1) is 19.9. The molecule has 212 valence electrons. The summed E-state index contributed by atoms with van der Waals surface area (Å²) >= 11 is 0. The van der Waals surface area contributed by atoms with Crippen molar-refractivity contribution in [2.24, 2.45) is 10.2 Å². The Kier molecular flexibility index (Phi) is 10.9. The van der Waals surface area contributed by atoms with Gasteiger partial charge in [-0.15, -0.1) is 15.3 Å². The Morgan fingerprint density at radius 1 is 1.17 bits per heavy atom. The Labute approximate surface area is 236 Å². The highest BCUT2D eigenvalue weighted by molar-refractivity contribution is 5.81. The summed E-state index contributed by atoms with van der Waals surface area (Å²) in [6, 6.07) is 5.70. The van der Waals surface area contributed by atoms with Gasteiger partial charge in [0.05, 0.1) is 31.0 Å². The number of aromatic nitrogens is 5. The Balaban J connectivity index is 2.07. The second-order valence-corrected chi connectivity index (χ2v) is 8.42. The maximum absolute atomic E-state index is 11.3. The summed E-state index contributed by atoms with van der Waals surface area (Å²) in [5.74, 6) is 0.242. The number of hydrogen-bond acceptors (Lipinski definition) is 14. The van der Waals surface area contributed by atoms with Gasteiger partial charge in [0.2, 0.25) is 5.82 Å². The lowest BCUT2D eigenvalue weighted by molar-refractivity contribution is -0.137. The standard InChI is InChI=1S/C26H29N11O4/c1-6-21(38)41-11-10-29-23-18(12-27)17(3)22(25(33-23)32-16(2)14-39-4)34-35-24-19(13-28)20(15-40-5)37(36-24)26-30-8-7-9-31-26/h6-9,16H,1,10-11,14-15H2,2-5H3,(H2,29,32,33). The first-order valence-corrected chi connectivity index (χ1v) is 12.3. The quantitative estimate of drug-likeness (QED) is 0.127. The maximum atomic E-state index is 11.3. The Hall–Kier alpha value is -5.25. The van der Waals surface area contributed by atoms with Crippen LogP contribution in [0.3, 0.4) is 0 Å². The van der Waals surface area contributed by atoms with E-state index in [9.17, 15) is 15.3 Å². The van der Waals surface area contributed by atoms with E-state index in [1.807, 2.05) is 6.92 Å². The number of carbonyl (C=O) groups excluding carboxylic acids is 1. The summed E-state index contributed by atoms with van der Waals surface area (Å²) in [5, 5.41) is 39.1. The molecule has 1 atom stereocenters. The summed E-state index contributed by atoms with van der Waals surface area (Å²) in [5.41, 5.74) is 1.46. The lowest BCUT2D eigenvalue weighted by Gasteiger charge is -2.18. The van der Waals surface area contributed by atoms with Crippen LogP contribution < -0.4 is 10.6 Å². The second-order valence-electron chi connectivity index (χ2n) is 8.42. The molecule has 2 N–H and O–H groups in total. The summed E-state index contributed by atoms with van der Waals surface area (Å²) in [6.07, 6.45) is 4.16. The fraction of sp³-hybridized carbons (Fsp3) is 0.346. The molecule has 0 aliphatic rings. The number of ether oxygens (including phenoxy) is 3. The van der Waals surface area contributed by atoms with Crippen LogP contribution in [0.2, 0.25) is 0 Å². The van der Waals surface area contributed by atoms with Crippen molar-refractivity contribution in [1.29, 1.82) is 10.5 Å². The monoisotopic (exact) mass is 559 g/mol. The number of hydrogen-bond donors (Lipinski definition) is 2. The van der Waals surface area contributed by atoms with Crippen molar-refractivity contribution in [3.05, 3.63) is 53.5 Å². The van der Waals surface area contributed by atoms with E-state index < -0.39 is 5.97 Å². The fourth-order valence-electron chi connectivity index (χ4n) is 3.65. The smallest absolute Gasteiger partial charge is 0.330 e. The van der Waals surface area contributed by atoms with Crippen molar-refractivity contribution in [1.82, 2.24) is 24.7 Å². The number of nitrogens with one attached hydrogen (secondary N) is 2. The zero-order valence-corrected chi connectivity index (χ0v) is 23.1. The van der Waals surface area contributed by atoms with Crippen LogP contribution in [0.4, 0.5) is 23.1 Å². The number of anilines is 2. The van der Waals surface area contributed by atoms with Crippen LogP contribution in [0.15, 0.2) is 41.3 Å². The molecule has 0 bridgehead atoms. The highest BCUT2D eigenvalue weighted by Crippen LogP contribution is 2.36. The molecular formula is C26H29N11O4. The minimum Gasteiger partial charge on any atom is -0.461 e. The maximum Gasteiger partial charge on any atom is 0.330 e. The minimum absolute atomic E-state index is 0.00652. The molecule has 0 aliphatic heterocycles. The average Bonchev–Trinajstić information content (AvgIpc) is 3.32. The van der Waals surface area contributed by atoms with Gasteiger partial charge in [-0.05, 0) is 19.9 Å². The number of nitrogens with zero attached hydrogens (tertiary/aromatic N) is 9. The van der Waals surface area contributed by atoms with E-state index in [0.717, 1.165) is 6.08 Å². The van der Waals surface area contributed by atoms with Gasteiger partial charge in [0.25, 0.3) is 5.95 Å². The normalized spacial score (nSPS) is 11.5. The number of carbonyl (C=O) groups is 1. The average molecular weight is 560 g/mol. The molecule has 0 saturated carbocycles. The minimum atomic E-state index is -0.561. The van der Waals surface area contributed by atoms with Crippen LogP contribution in [-0.4, -0.2) is 70.7 Å². The van der Waals surface area contributed by atoms with Crippen molar-refractivity contribution in [3.63, 3.8) is 0 Å². The van der Waals surface area contributed by atoms with Crippen LogP contribution >= 0.6 is 0 Å². The van der Waals surface area contributed by atoms with E-state index in [1.165, 1.54) is 11.8 Å². The fourth-order valence-corrected chi connectivity index (χ4v) is 3.65. The number of esters is 1. The summed E-state index contributed by atoms with van der Waals surface area (Å²) < 4.78 is 16.9. The lowest BCUT2D eigenvalue weighted by atomic mass is 10.1. The molecule has 0 aliphatic carbocycles. The van der Waals surface area contributed by atoms with Crippen LogP contribution in [0.25, 0.3) is 5.95 Å². The molecular weight excluding hydrogens is 530 g/mol. The molecule has 3 heterocycles. The zero-order chi connectivity index (χ0) is 29.8. The number of azo groups is 1. The molecule has 0 saturated heterocycles. The number of pyridine rings is 1. The van der Waals surface area contributed by atoms with E-state index >= 15 is 0 Å². The number of methoxy groups -OCH3 is 2. The molecule has 3 aromatic heterocycles. The van der Waals surface area contributed by atoms with E-state index in [1.54, 1.807) is 32.5 Å². The largest absolute Gasteiger partial charge is 0.461 e. The molecule has 1 unspecified atom stereocenters. The van der Waals surface area contributed by atoms with Gasteiger partial charge in [-0.2, -0.15) is 15.2 Å². The lowest BCUT2D eigenvalue weighted by Crippen LogP contribution is -2.22. The molecule has 3 aromatic rings. The third-order valence-corrected chi connectivity index (χ3v) is 5.47. The summed E-state index contributed by atoms with van der Waals surface area (Å²) in [7, 11) is 3.06. The molecule has 3 rings (SSSR count). The third kappa shape index (κ3) is 7.45. The highest BCUT2D eigenvalue weighted by atomic mass is 16.5. The van der Waals surface area contributed by atoms with Crippen LogP contribution in [0, 0.1) is 29.6 Å². The van der Waals surface area contributed by atoms with Crippen molar-refractivity contribution in [2.45, 2.75) is 26.5 Å². The molecule has 15 heteroatoms. The molecule has 0 amide bonds. The molecule has 0 radical (unpaired) electrons. The molecule has 0 aromatic carbocycles. The van der Waals surface area contributed by atoms with Gasteiger partial charge in [-0.3, -0.25) is 0 Å². The van der Waals surface area contributed by atoms with E-state index in [4.69, 9.17) is 14.2 Å². The van der Waals surface area contributed by atoms with E-state index in [0.29, 0.717) is 23.7 Å². The highest BCUT2D eigenvalue weighted by Gasteiger charge is 2.22. The van der Waals surface area contributed by atoms with Crippen molar-refractivity contribution < 1.29 is 19.0 Å². The molecule has 0 fully saturated rings. The SMILES string of the molecule is C=CC(=O)OCCNc1nc(NC(C)COC)c(N=Nc2nn(-c3ncccn3)c(COC)c2C#N)c(C)c1C#N. The first kappa shape index (κ1) is 30.3. The van der Waals surface area contributed by atoms with Crippen LogP contribution in [-0.2, 0) is 25.6 Å². The van der Waals surface area contributed by atoms with Crippen LogP contribution in [0.5, 0.6) is 0 Å². The number of rotatable bonds is 14. The van der Waals surface area contributed by atoms with Gasteiger partial charge in [0, 0.05) is 44.3 Å². The van der Waals surface area contributed by atoms with Crippen molar-refractivity contribution in [3.8, 4) is 18.1 Å². The third-order valence-electron chi connectivity index (χ3n) is 5.47. The van der Waals surface area contributed by atoms with E-state index in [2.05, 4.69) is 59.6 Å². The topological polar surface area (TPSA) is 198 Å². The molecule has 15 nitrogen and oxygen atoms in total.